The number of aromatic nitrogens is 2. The highest BCUT2D eigenvalue weighted by atomic mass is 16.5. The Morgan fingerprint density at radius 2 is 2.05 bits per heavy atom. The molecular weight excluding hydrogens is 254 g/mol. The van der Waals surface area contributed by atoms with Gasteiger partial charge in [0.15, 0.2) is 5.75 Å². The predicted molar refractivity (Wildman–Crippen MR) is 81.4 cm³/mol. The Hall–Kier alpha value is -1.11. The van der Waals surface area contributed by atoms with Crippen molar-refractivity contribution in [3.05, 3.63) is 11.9 Å². The molecule has 2 atom stereocenters. The second-order valence-electron chi connectivity index (χ2n) is 5.87. The van der Waals surface area contributed by atoms with E-state index in [4.69, 9.17) is 10.6 Å². The molecule has 0 bridgehead atoms. The normalized spacial score (nSPS) is 14.8. The average Bonchev–Trinajstić information content (AvgIpc) is 2.80. The third-order valence-corrected chi connectivity index (χ3v) is 3.88. The van der Waals surface area contributed by atoms with E-state index in [1.165, 1.54) is 0 Å². The van der Waals surface area contributed by atoms with E-state index >= 15 is 0 Å². The van der Waals surface area contributed by atoms with Crippen molar-refractivity contribution in [1.82, 2.24) is 20.1 Å². The molecule has 0 aliphatic heterocycles. The molecule has 6 nitrogen and oxygen atoms in total. The van der Waals surface area contributed by atoms with Crippen LogP contribution >= 0.6 is 0 Å². The standard InChI is InChI=1S/C14H29N5O/c1-10(2)11(3)13(17-15)14-12(20-6)9-16-19(14)8-7-18(4)5/h9-11,13,17H,7-8,15H2,1-6H3. The number of likely N-dealkylation sites (N-methyl/N-ethyl adjacent to an activating group) is 1. The van der Waals surface area contributed by atoms with E-state index < -0.39 is 0 Å². The SMILES string of the molecule is COc1cnn(CCN(C)C)c1C(NN)C(C)C(C)C. The molecule has 2 unspecified atom stereocenters. The maximum atomic E-state index is 5.79. The van der Waals surface area contributed by atoms with E-state index in [0.29, 0.717) is 11.8 Å². The molecule has 1 aromatic heterocycles. The molecule has 1 heterocycles. The lowest BCUT2D eigenvalue weighted by atomic mass is 9.88. The lowest BCUT2D eigenvalue weighted by molar-refractivity contribution is 0.277. The molecule has 1 rings (SSSR count). The van der Waals surface area contributed by atoms with Gasteiger partial charge in [-0.25, -0.2) is 0 Å². The smallest absolute Gasteiger partial charge is 0.161 e. The van der Waals surface area contributed by atoms with Crippen LogP contribution in [0.3, 0.4) is 0 Å². The van der Waals surface area contributed by atoms with E-state index in [9.17, 15) is 0 Å². The van der Waals surface area contributed by atoms with Crippen LogP contribution in [0.25, 0.3) is 0 Å². The molecule has 0 spiro atoms. The van der Waals surface area contributed by atoms with Crippen LogP contribution in [-0.4, -0.2) is 42.4 Å². The minimum Gasteiger partial charge on any atom is -0.493 e. The van der Waals surface area contributed by atoms with Gasteiger partial charge in [-0.1, -0.05) is 20.8 Å². The van der Waals surface area contributed by atoms with E-state index in [0.717, 1.165) is 24.5 Å². The van der Waals surface area contributed by atoms with Crippen molar-refractivity contribution in [1.29, 1.82) is 0 Å². The molecule has 6 heteroatoms. The molecule has 116 valence electrons. The summed E-state index contributed by atoms with van der Waals surface area (Å²) < 4.78 is 7.44. The summed E-state index contributed by atoms with van der Waals surface area (Å²) in [6.07, 6.45) is 1.77. The van der Waals surface area contributed by atoms with Gasteiger partial charge in [-0.2, -0.15) is 5.10 Å². The van der Waals surface area contributed by atoms with Crippen LogP contribution in [0.2, 0.25) is 0 Å². The molecule has 0 saturated carbocycles. The van der Waals surface area contributed by atoms with Crippen molar-refractivity contribution in [3.63, 3.8) is 0 Å². The van der Waals surface area contributed by atoms with Crippen LogP contribution in [0.1, 0.15) is 32.5 Å². The second kappa shape index (κ2) is 7.61. The number of rotatable bonds is 8. The van der Waals surface area contributed by atoms with Gasteiger partial charge in [-0.05, 0) is 25.9 Å². The Kier molecular flexibility index (Phi) is 6.45. The Labute approximate surface area is 122 Å². The number of nitrogens with one attached hydrogen (secondary N) is 1. The fraction of sp³-hybridized carbons (Fsp3) is 0.786. The molecule has 0 radical (unpaired) electrons. The van der Waals surface area contributed by atoms with Gasteiger partial charge in [-0.3, -0.25) is 16.0 Å². The van der Waals surface area contributed by atoms with Crippen LogP contribution in [0.15, 0.2) is 6.20 Å². The molecule has 0 aromatic carbocycles. The first-order valence-electron chi connectivity index (χ1n) is 7.12. The lowest BCUT2D eigenvalue weighted by Crippen LogP contribution is -2.36. The van der Waals surface area contributed by atoms with Crippen molar-refractivity contribution < 1.29 is 4.74 Å². The highest BCUT2D eigenvalue weighted by Gasteiger charge is 2.27. The van der Waals surface area contributed by atoms with Crippen LogP contribution in [0.5, 0.6) is 5.75 Å². The summed E-state index contributed by atoms with van der Waals surface area (Å²) in [5.41, 5.74) is 3.96. The third kappa shape index (κ3) is 3.94. The summed E-state index contributed by atoms with van der Waals surface area (Å²) in [4.78, 5) is 2.13. The van der Waals surface area contributed by atoms with Gasteiger partial charge in [0.05, 0.1) is 31.6 Å². The number of nitrogens with two attached hydrogens (primary N) is 1. The fourth-order valence-corrected chi connectivity index (χ4v) is 2.19. The zero-order valence-corrected chi connectivity index (χ0v) is 13.6. The topological polar surface area (TPSA) is 68.3 Å². The van der Waals surface area contributed by atoms with Gasteiger partial charge in [0.2, 0.25) is 0 Å². The Morgan fingerprint density at radius 1 is 1.40 bits per heavy atom. The van der Waals surface area contributed by atoms with Crippen LogP contribution < -0.4 is 16.0 Å². The highest BCUT2D eigenvalue weighted by Crippen LogP contribution is 2.32. The zero-order valence-electron chi connectivity index (χ0n) is 13.6. The third-order valence-electron chi connectivity index (χ3n) is 3.88. The van der Waals surface area contributed by atoms with Crippen LogP contribution in [0.4, 0.5) is 0 Å². The van der Waals surface area contributed by atoms with E-state index in [1.807, 2.05) is 4.68 Å². The quantitative estimate of drug-likeness (QED) is 0.555. The fourth-order valence-electron chi connectivity index (χ4n) is 2.19. The van der Waals surface area contributed by atoms with Crippen LogP contribution in [-0.2, 0) is 6.54 Å². The van der Waals surface area contributed by atoms with Gasteiger partial charge >= 0.3 is 0 Å². The van der Waals surface area contributed by atoms with Gasteiger partial charge in [0.1, 0.15) is 0 Å². The first-order valence-corrected chi connectivity index (χ1v) is 7.12. The highest BCUT2D eigenvalue weighted by molar-refractivity contribution is 5.29. The minimum atomic E-state index is 0.0228. The van der Waals surface area contributed by atoms with Gasteiger partial charge in [0, 0.05) is 6.54 Å². The van der Waals surface area contributed by atoms with Crippen molar-refractivity contribution in [2.45, 2.75) is 33.4 Å². The summed E-state index contributed by atoms with van der Waals surface area (Å²) in [5, 5.41) is 4.44. The maximum absolute atomic E-state index is 5.79. The summed E-state index contributed by atoms with van der Waals surface area (Å²) in [5.74, 6) is 7.48. The molecule has 0 aliphatic carbocycles. The van der Waals surface area contributed by atoms with Crippen LogP contribution in [0, 0.1) is 11.8 Å². The Balaban J connectivity index is 3.07. The molecule has 0 aliphatic rings. The van der Waals surface area contributed by atoms with Gasteiger partial charge in [0.25, 0.3) is 0 Å². The van der Waals surface area contributed by atoms with Crippen molar-refractivity contribution in [2.24, 2.45) is 17.7 Å². The molecule has 0 saturated heterocycles. The van der Waals surface area contributed by atoms with E-state index in [2.05, 4.69) is 50.3 Å². The van der Waals surface area contributed by atoms with Crippen molar-refractivity contribution in [3.8, 4) is 5.75 Å². The lowest BCUT2D eigenvalue weighted by Gasteiger charge is -2.28. The second-order valence-corrected chi connectivity index (χ2v) is 5.87. The average molecular weight is 283 g/mol. The Bertz CT molecular complexity index is 402. The largest absolute Gasteiger partial charge is 0.493 e. The van der Waals surface area contributed by atoms with Gasteiger partial charge in [-0.15, -0.1) is 0 Å². The number of hydrogen-bond acceptors (Lipinski definition) is 5. The van der Waals surface area contributed by atoms with Crippen molar-refractivity contribution >= 4 is 0 Å². The molecule has 1 aromatic rings. The molecule has 0 fully saturated rings. The summed E-state index contributed by atoms with van der Waals surface area (Å²) in [6, 6.07) is 0.0228. The number of ether oxygens (including phenoxy) is 1. The number of hydrogen-bond donors (Lipinski definition) is 2. The zero-order chi connectivity index (χ0) is 15.3. The van der Waals surface area contributed by atoms with Crippen molar-refractivity contribution in [2.75, 3.05) is 27.7 Å². The summed E-state index contributed by atoms with van der Waals surface area (Å²) >= 11 is 0. The molecular formula is C14H29N5O. The molecule has 20 heavy (non-hydrogen) atoms. The number of hydrazine groups is 1. The monoisotopic (exact) mass is 283 g/mol. The first-order chi connectivity index (χ1) is 9.42. The Morgan fingerprint density at radius 3 is 2.50 bits per heavy atom. The summed E-state index contributed by atoms with van der Waals surface area (Å²) in [6.45, 7) is 8.32. The molecule has 3 N–H and O–H groups in total. The summed E-state index contributed by atoms with van der Waals surface area (Å²) in [7, 11) is 5.77. The molecule has 0 amide bonds. The minimum absolute atomic E-state index is 0.0228. The predicted octanol–water partition coefficient (Wildman–Crippen LogP) is 1.25. The van der Waals surface area contributed by atoms with E-state index in [1.54, 1.807) is 13.3 Å². The maximum Gasteiger partial charge on any atom is 0.161 e. The number of methoxy groups -OCH3 is 1. The van der Waals surface area contributed by atoms with E-state index in [-0.39, 0.29) is 6.04 Å². The number of nitrogens with zero attached hydrogens (tertiary/aromatic N) is 3. The first kappa shape index (κ1) is 16.9. The van der Waals surface area contributed by atoms with Gasteiger partial charge < -0.3 is 9.64 Å².